The van der Waals surface area contributed by atoms with Crippen LogP contribution in [-0.2, 0) is 0 Å². The molecule has 1 unspecified atom stereocenters. The molecule has 0 radical (unpaired) electrons. The average Bonchev–Trinajstić information content (AvgIpc) is 3.00. The second-order valence-corrected chi connectivity index (χ2v) is 6.39. The summed E-state index contributed by atoms with van der Waals surface area (Å²) >= 11 is 0. The van der Waals surface area contributed by atoms with Crippen LogP contribution in [0.5, 0.6) is 0 Å². The van der Waals surface area contributed by atoms with E-state index in [9.17, 15) is 4.39 Å². The molecule has 2 fully saturated rings. The van der Waals surface area contributed by atoms with Crippen LogP contribution >= 0.6 is 0 Å². The quantitative estimate of drug-likeness (QED) is 0.661. The summed E-state index contributed by atoms with van der Waals surface area (Å²) in [6.07, 6.45) is 11.5. The van der Waals surface area contributed by atoms with Crippen molar-refractivity contribution in [3.05, 3.63) is 29.8 Å². The lowest BCUT2D eigenvalue weighted by Crippen LogP contribution is -2.57. The van der Waals surface area contributed by atoms with E-state index < -0.39 is 0 Å². The number of nitrogens with two attached hydrogens (primary N) is 1. The molecular weight excluding hydrogens is 267 g/mol. The maximum absolute atomic E-state index is 13.6. The number of nitrogens with one attached hydrogen (secondary N) is 1. The second kappa shape index (κ2) is 6.38. The lowest BCUT2D eigenvalue weighted by atomic mass is 9.81. The predicted octanol–water partition coefficient (Wildman–Crippen LogP) is 2.52. The van der Waals surface area contributed by atoms with Gasteiger partial charge in [0, 0.05) is 11.7 Å². The van der Waals surface area contributed by atoms with Gasteiger partial charge in [-0.15, -0.1) is 0 Å². The number of halogens is 1. The van der Waals surface area contributed by atoms with Crippen LogP contribution in [0.2, 0.25) is 0 Å². The third-order valence-electron chi connectivity index (χ3n) is 5.22. The van der Waals surface area contributed by atoms with E-state index in [0.717, 1.165) is 31.5 Å². The summed E-state index contributed by atoms with van der Waals surface area (Å²) in [6.45, 7) is 2.25. The molecule has 1 saturated carbocycles. The lowest BCUT2D eigenvalue weighted by Gasteiger charge is -2.48. The van der Waals surface area contributed by atoms with Gasteiger partial charge in [-0.2, -0.15) is 0 Å². The maximum Gasteiger partial charge on any atom is 0.141 e. The van der Waals surface area contributed by atoms with E-state index in [4.69, 9.17) is 5.84 Å². The lowest BCUT2D eigenvalue weighted by molar-refractivity contribution is 0.0358. The van der Waals surface area contributed by atoms with Gasteiger partial charge in [0.2, 0.25) is 0 Å². The van der Waals surface area contributed by atoms with E-state index in [1.807, 2.05) is 0 Å². The van der Waals surface area contributed by atoms with Crippen molar-refractivity contribution in [2.24, 2.45) is 5.84 Å². The van der Waals surface area contributed by atoms with Crippen LogP contribution in [0.25, 0.3) is 0 Å². The van der Waals surface area contributed by atoms with E-state index >= 15 is 0 Å². The number of nitrogens with zero attached hydrogens (tertiary/aromatic N) is 2. The standard InChI is InChI=1S/C16H25FN4/c17-14-10-13(11-19-12-14)15(20-18)16(6-2-3-7-16)21-8-4-1-5-9-21/h10-12,15,20H,1-9,18H2. The third-order valence-corrected chi connectivity index (χ3v) is 5.22. The number of piperidine rings is 1. The number of likely N-dealkylation sites (tertiary alicyclic amines) is 1. The molecule has 0 amide bonds. The first-order valence-electron chi connectivity index (χ1n) is 8.08. The predicted molar refractivity (Wildman–Crippen MR) is 80.9 cm³/mol. The number of rotatable bonds is 4. The Morgan fingerprint density at radius 2 is 1.86 bits per heavy atom. The molecule has 3 rings (SSSR count). The van der Waals surface area contributed by atoms with Crippen molar-refractivity contribution in [1.82, 2.24) is 15.3 Å². The van der Waals surface area contributed by atoms with Crippen LogP contribution in [0.4, 0.5) is 4.39 Å². The van der Waals surface area contributed by atoms with Crippen molar-refractivity contribution >= 4 is 0 Å². The molecule has 116 valence electrons. The first-order chi connectivity index (χ1) is 10.3. The van der Waals surface area contributed by atoms with Crippen LogP contribution in [0.3, 0.4) is 0 Å². The van der Waals surface area contributed by atoms with Gasteiger partial charge in [-0.3, -0.25) is 21.2 Å². The minimum Gasteiger partial charge on any atom is -0.296 e. The molecule has 1 aliphatic carbocycles. The molecule has 2 aliphatic rings. The molecule has 1 saturated heterocycles. The van der Waals surface area contributed by atoms with Gasteiger partial charge in [0.15, 0.2) is 0 Å². The molecule has 2 heterocycles. The largest absolute Gasteiger partial charge is 0.296 e. The highest BCUT2D eigenvalue weighted by atomic mass is 19.1. The fourth-order valence-corrected chi connectivity index (χ4v) is 4.26. The van der Waals surface area contributed by atoms with Gasteiger partial charge in [0.1, 0.15) is 5.82 Å². The Kier molecular flexibility index (Phi) is 4.52. The van der Waals surface area contributed by atoms with E-state index in [1.165, 1.54) is 38.3 Å². The van der Waals surface area contributed by atoms with Crippen molar-refractivity contribution in [2.75, 3.05) is 13.1 Å². The summed E-state index contributed by atoms with van der Waals surface area (Å²) in [5.74, 6) is 5.61. The normalized spacial score (nSPS) is 24.1. The summed E-state index contributed by atoms with van der Waals surface area (Å²) < 4.78 is 13.6. The van der Waals surface area contributed by atoms with Crippen molar-refractivity contribution in [3.8, 4) is 0 Å². The molecule has 1 aromatic rings. The summed E-state index contributed by atoms with van der Waals surface area (Å²) in [4.78, 5) is 6.61. The molecular formula is C16H25FN4. The Bertz CT molecular complexity index is 467. The zero-order valence-electron chi connectivity index (χ0n) is 12.5. The van der Waals surface area contributed by atoms with Crippen molar-refractivity contribution in [1.29, 1.82) is 0 Å². The van der Waals surface area contributed by atoms with E-state index in [2.05, 4.69) is 15.3 Å². The van der Waals surface area contributed by atoms with E-state index in [1.54, 1.807) is 12.3 Å². The highest BCUT2D eigenvalue weighted by Gasteiger charge is 2.46. The van der Waals surface area contributed by atoms with Gasteiger partial charge in [-0.25, -0.2) is 4.39 Å². The zero-order chi connectivity index (χ0) is 14.7. The van der Waals surface area contributed by atoms with Crippen LogP contribution in [0.15, 0.2) is 18.5 Å². The fraction of sp³-hybridized carbons (Fsp3) is 0.688. The number of aromatic nitrogens is 1. The minimum absolute atomic E-state index is 0.0185. The smallest absolute Gasteiger partial charge is 0.141 e. The molecule has 21 heavy (non-hydrogen) atoms. The van der Waals surface area contributed by atoms with Crippen LogP contribution in [0, 0.1) is 5.82 Å². The summed E-state index contributed by atoms with van der Waals surface area (Å²) in [5, 5.41) is 0. The Balaban J connectivity index is 1.93. The summed E-state index contributed by atoms with van der Waals surface area (Å²) in [7, 11) is 0. The molecule has 3 N–H and O–H groups in total. The topological polar surface area (TPSA) is 54.2 Å². The molecule has 5 heteroatoms. The van der Waals surface area contributed by atoms with Gasteiger partial charge in [-0.05, 0) is 50.4 Å². The zero-order valence-corrected chi connectivity index (χ0v) is 12.5. The molecule has 1 aliphatic heterocycles. The first-order valence-corrected chi connectivity index (χ1v) is 8.08. The van der Waals surface area contributed by atoms with Crippen LogP contribution < -0.4 is 11.3 Å². The summed E-state index contributed by atoms with van der Waals surface area (Å²) in [5.41, 5.74) is 3.86. The SMILES string of the molecule is NNC(c1cncc(F)c1)C1(N2CCCCC2)CCCC1. The van der Waals surface area contributed by atoms with Crippen LogP contribution in [-0.4, -0.2) is 28.5 Å². The number of hydrazine groups is 1. The maximum atomic E-state index is 13.6. The molecule has 1 atom stereocenters. The Morgan fingerprint density at radius 3 is 2.48 bits per heavy atom. The molecule has 0 bridgehead atoms. The number of hydrogen-bond acceptors (Lipinski definition) is 4. The molecule has 1 aromatic heterocycles. The summed E-state index contributed by atoms with van der Waals surface area (Å²) in [6, 6.07) is 1.52. The highest BCUT2D eigenvalue weighted by Crippen LogP contribution is 2.45. The Labute approximate surface area is 125 Å². The van der Waals surface area contributed by atoms with Crippen molar-refractivity contribution < 1.29 is 4.39 Å². The monoisotopic (exact) mass is 292 g/mol. The van der Waals surface area contributed by atoms with Gasteiger partial charge in [0.25, 0.3) is 0 Å². The van der Waals surface area contributed by atoms with Crippen LogP contribution in [0.1, 0.15) is 56.6 Å². The third kappa shape index (κ3) is 2.82. The van der Waals surface area contributed by atoms with Crippen molar-refractivity contribution in [2.45, 2.75) is 56.5 Å². The molecule has 0 aromatic carbocycles. The highest BCUT2D eigenvalue weighted by molar-refractivity contribution is 5.22. The van der Waals surface area contributed by atoms with Gasteiger partial charge >= 0.3 is 0 Å². The fourth-order valence-electron chi connectivity index (χ4n) is 4.26. The van der Waals surface area contributed by atoms with Gasteiger partial charge in [0.05, 0.1) is 12.2 Å². The molecule has 4 nitrogen and oxygen atoms in total. The minimum atomic E-state index is -0.292. The van der Waals surface area contributed by atoms with E-state index in [-0.39, 0.29) is 17.4 Å². The first kappa shape index (κ1) is 14.9. The number of pyridine rings is 1. The second-order valence-electron chi connectivity index (χ2n) is 6.39. The van der Waals surface area contributed by atoms with Gasteiger partial charge in [-0.1, -0.05) is 19.3 Å². The molecule has 0 spiro atoms. The van der Waals surface area contributed by atoms with Gasteiger partial charge < -0.3 is 0 Å². The number of hydrogen-bond donors (Lipinski definition) is 2. The Morgan fingerprint density at radius 1 is 1.14 bits per heavy atom. The average molecular weight is 292 g/mol. The van der Waals surface area contributed by atoms with Crippen molar-refractivity contribution in [3.63, 3.8) is 0 Å². The Hall–Kier alpha value is -1.04. The van der Waals surface area contributed by atoms with E-state index in [0.29, 0.717) is 0 Å².